The van der Waals surface area contributed by atoms with E-state index in [9.17, 15) is 74.6 Å². The van der Waals surface area contributed by atoms with Crippen LogP contribution in [0.25, 0.3) is 0 Å². The van der Waals surface area contributed by atoms with Gasteiger partial charge in [0.15, 0.2) is 5.57 Å². The summed E-state index contributed by atoms with van der Waals surface area (Å²) in [5.74, 6) is -13.9. The molecular weight excluding hydrogens is 507 g/mol. The average molecular weight is 510 g/mol. The number of allylic oxidation sites excluding steroid dienone is 2. The third kappa shape index (κ3) is 6.08. The monoisotopic (exact) mass is 510 g/mol. The minimum Gasteiger partial charge on any atom is -0.454 e. The van der Waals surface area contributed by atoms with Crippen LogP contribution in [-0.2, 0) is 12.4 Å². The Morgan fingerprint density at radius 1 is 0.531 bits per heavy atom. The Morgan fingerprint density at radius 2 is 0.875 bits per heavy atom. The third-order valence-corrected chi connectivity index (χ3v) is 3.22. The lowest BCUT2D eigenvalue weighted by atomic mass is 10.1. The molecule has 184 valence electrons. The van der Waals surface area contributed by atoms with E-state index < -0.39 is 83.2 Å². The minimum atomic E-state index is -7.24. The van der Waals surface area contributed by atoms with Crippen molar-refractivity contribution in [3.05, 3.63) is 40.7 Å². The van der Waals surface area contributed by atoms with E-state index in [1.54, 1.807) is 0 Å². The van der Waals surface area contributed by atoms with E-state index in [1.165, 1.54) is 0 Å². The first-order chi connectivity index (χ1) is 13.8. The molecule has 0 atom stereocenters. The zero-order valence-corrected chi connectivity index (χ0v) is 14.1. The fourth-order valence-corrected chi connectivity index (χ4v) is 1.92. The van der Waals surface area contributed by atoms with Crippen molar-refractivity contribution in [3.8, 4) is 5.75 Å². The molecule has 0 bridgehead atoms. The highest BCUT2D eigenvalue weighted by atomic mass is 19.4. The first-order valence-corrected chi connectivity index (χ1v) is 7.10. The predicted octanol–water partition coefficient (Wildman–Crippen LogP) is 7.68. The molecule has 0 aliphatic rings. The third-order valence-electron chi connectivity index (χ3n) is 3.22. The second-order valence-electron chi connectivity index (χ2n) is 5.62. The lowest BCUT2D eigenvalue weighted by molar-refractivity contribution is -0.277. The van der Waals surface area contributed by atoms with Crippen LogP contribution in [0.5, 0.6) is 5.75 Å². The summed E-state index contributed by atoms with van der Waals surface area (Å²) in [6.45, 7) is 0. The van der Waals surface area contributed by atoms with E-state index >= 15 is 0 Å². The number of ether oxygens (including phenoxy) is 1. The zero-order chi connectivity index (χ0) is 25.7. The van der Waals surface area contributed by atoms with Crippen LogP contribution in [0, 0.1) is 0 Å². The van der Waals surface area contributed by atoms with Gasteiger partial charge >= 0.3 is 36.8 Å². The molecule has 0 amide bonds. The highest BCUT2D eigenvalue weighted by Crippen LogP contribution is 2.50. The van der Waals surface area contributed by atoms with E-state index in [-0.39, 0.29) is 0 Å². The van der Waals surface area contributed by atoms with Crippen LogP contribution in [-0.4, -0.2) is 24.5 Å². The van der Waals surface area contributed by atoms with Gasteiger partial charge in [0.1, 0.15) is 5.75 Å². The quantitative estimate of drug-likeness (QED) is 0.300. The van der Waals surface area contributed by atoms with E-state index in [2.05, 4.69) is 4.74 Å². The average Bonchev–Trinajstić information content (AvgIpc) is 2.48. The van der Waals surface area contributed by atoms with Crippen molar-refractivity contribution in [2.24, 2.45) is 0 Å². The van der Waals surface area contributed by atoms with Crippen molar-refractivity contribution in [2.75, 3.05) is 0 Å². The van der Waals surface area contributed by atoms with Crippen LogP contribution >= 0.6 is 0 Å². The van der Waals surface area contributed by atoms with Gasteiger partial charge in [-0.1, -0.05) is 0 Å². The summed E-state index contributed by atoms with van der Waals surface area (Å²) in [5.41, 5.74) is -9.62. The molecule has 0 spiro atoms. The maximum absolute atomic E-state index is 13.5. The number of hydrogen-bond donors (Lipinski definition) is 0. The maximum Gasteiger partial charge on any atom is 0.461 e. The molecule has 1 nitrogen and oxygen atoms in total. The van der Waals surface area contributed by atoms with Gasteiger partial charge in [0.25, 0.3) is 0 Å². The number of alkyl halides is 17. The first-order valence-electron chi connectivity index (χ1n) is 7.10. The van der Waals surface area contributed by atoms with E-state index in [0.717, 1.165) is 0 Å². The van der Waals surface area contributed by atoms with Crippen molar-refractivity contribution >= 4 is 0 Å². The van der Waals surface area contributed by atoms with Gasteiger partial charge in [-0.15, -0.1) is 0 Å². The topological polar surface area (TPSA) is 9.23 Å². The van der Waals surface area contributed by atoms with Crippen LogP contribution in [0.4, 0.5) is 74.6 Å². The smallest absolute Gasteiger partial charge is 0.454 e. The molecule has 0 aliphatic carbocycles. The van der Waals surface area contributed by atoms with Gasteiger partial charge in [0.2, 0.25) is 5.76 Å². The Bertz CT molecular complexity index is 811. The van der Waals surface area contributed by atoms with Crippen LogP contribution in [0.2, 0.25) is 0 Å². The molecular formula is C14H3F17O. The van der Waals surface area contributed by atoms with Gasteiger partial charge < -0.3 is 4.74 Å². The Hall–Kier alpha value is -2.43. The molecule has 0 N–H and O–H groups in total. The van der Waals surface area contributed by atoms with Gasteiger partial charge in [-0.2, -0.15) is 74.6 Å². The molecule has 32 heavy (non-hydrogen) atoms. The SMILES string of the molecule is FC(F)(F)C(=C(Oc1cc(C(F)(F)F)cc(C(F)(F)F)c1)C(F)(F)C(F)(F)F)C(F)(F)F. The number of halogens is 17. The second kappa shape index (κ2) is 7.86. The van der Waals surface area contributed by atoms with Crippen molar-refractivity contribution < 1.29 is 79.4 Å². The normalized spacial score (nSPS) is 14.4. The molecule has 0 saturated heterocycles. The van der Waals surface area contributed by atoms with E-state index in [1.807, 2.05) is 0 Å². The molecule has 0 heterocycles. The number of hydrogen-bond acceptors (Lipinski definition) is 1. The van der Waals surface area contributed by atoms with Crippen LogP contribution in [0.15, 0.2) is 29.5 Å². The van der Waals surface area contributed by atoms with Gasteiger partial charge in [-0.25, -0.2) is 0 Å². The summed E-state index contributed by atoms with van der Waals surface area (Å²) < 4.78 is 220. The summed E-state index contributed by atoms with van der Waals surface area (Å²) in [6.07, 6.45) is -33.0. The van der Waals surface area contributed by atoms with Crippen molar-refractivity contribution in [1.82, 2.24) is 0 Å². The van der Waals surface area contributed by atoms with Gasteiger partial charge in [0, 0.05) is 0 Å². The molecule has 0 saturated carbocycles. The number of benzene rings is 1. The Kier molecular flexibility index (Phi) is 6.78. The summed E-state index contributed by atoms with van der Waals surface area (Å²) in [6, 6.07) is -2.34. The standard InChI is InChI=1S/C14H3F17O/c15-9(16,14(29,30)31)8(7(12(23,24)25)13(26,27)28)32-6-2-4(10(17,18)19)1-5(3-6)11(20,21)22/h1-3H. The molecule has 0 aromatic heterocycles. The molecule has 0 aliphatic heterocycles. The fourth-order valence-electron chi connectivity index (χ4n) is 1.92. The summed E-state index contributed by atoms with van der Waals surface area (Å²) in [7, 11) is 0. The van der Waals surface area contributed by atoms with Crippen molar-refractivity contribution in [1.29, 1.82) is 0 Å². The van der Waals surface area contributed by atoms with E-state index in [4.69, 9.17) is 0 Å². The highest BCUT2D eigenvalue weighted by molar-refractivity contribution is 5.40. The van der Waals surface area contributed by atoms with Gasteiger partial charge in [0.05, 0.1) is 11.1 Å². The molecule has 1 aromatic carbocycles. The summed E-state index contributed by atoms with van der Waals surface area (Å²) in [5, 5.41) is 0. The Balaban J connectivity index is 4.02. The Morgan fingerprint density at radius 3 is 1.12 bits per heavy atom. The Labute approximate surface area is 164 Å². The van der Waals surface area contributed by atoms with Crippen LogP contribution < -0.4 is 4.74 Å². The van der Waals surface area contributed by atoms with Gasteiger partial charge in [-0.3, -0.25) is 0 Å². The summed E-state index contributed by atoms with van der Waals surface area (Å²) in [4.78, 5) is 0. The fraction of sp³-hybridized carbons (Fsp3) is 0.429. The molecule has 0 radical (unpaired) electrons. The van der Waals surface area contributed by atoms with Crippen molar-refractivity contribution in [3.63, 3.8) is 0 Å². The molecule has 0 unspecified atom stereocenters. The van der Waals surface area contributed by atoms with Crippen LogP contribution in [0.3, 0.4) is 0 Å². The highest BCUT2D eigenvalue weighted by Gasteiger charge is 2.68. The molecule has 18 heteroatoms. The van der Waals surface area contributed by atoms with Crippen LogP contribution in [0.1, 0.15) is 11.1 Å². The second-order valence-corrected chi connectivity index (χ2v) is 5.62. The minimum absolute atomic E-state index is 0.743. The zero-order valence-electron chi connectivity index (χ0n) is 14.1. The molecule has 0 fully saturated rings. The molecule has 1 rings (SSSR count). The largest absolute Gasteiger partial charge is 0.461 e. The lowest BCUT2D eigenvalue weighted by Gasteiger charge is -2.27. The molecule has 1 aromatic rings. The summed E-state index contributed by atoms with van der Waals surface area (Å²) >= 11 is 0. The number of rotatable bonds is 3. The van der Waals surface area contributed by atoms with Crippen molar-refractivity contribution in [2.45, 2.75) is 36.8 Å². The van der Waals surface area contributed by atoms with Gasteiger partial charge in [-0.05, 0) is 18.2 Å². The first kappa shape index (κ1) is 27.6. The van der Waals surface area contributed by atoms with E-state index in [0.29, 0.717) is 0 Å². The predicted molar refractivity (Wildman–Crippen MR) is 67.2 cm³/mol. The maximum atomic E-state index is 13.5. The lowest BCUT2D eigenvalue weighted by Crippen LogP contribution is -2.44.